The zero-order chi connectivity index (χ0) is 19.4. The van der Waals surface area contributed by atoms with E-state index in [9.17, 15) is 13.6 Å². The van der Waals surface area contributed by atoms with Crippen molar-refractivity contribution < 1.29 is 18.3 Å². The van der Waals surface area contributed by atoms with Crippen molar-refractivity contribution >= 4 is 21.9 Å². The van der Waals surface area contributed by atoms with E-state index in [1.54, 1.807) is 25.1 Å². The maximum atomic E-state index is 14.4. The van der Waals surface area contributed by atoms with Gasteiger partial charge in [-0.25, -0.2) is 14.1 Å². The van der Waals surface area contributed by atoms with Crippen molar-refractivity contribution in [3.05, 3.63) is 64.5 Å². The van der Waals surface area contributed by atoms with Crippen LogP contribution in [0.25, 0.3) is 16.9 Å². The van der Waals surface area contributed by atoms with Crippen LogP contribution < -0.4 is 0 Å². The molecule has 0 unspecified atom stereocenters. The number of ether oxygens (including phenoxy) is 1. The van der Waals surface area contributed by atoms with Gasteiger partial charge in [0.15, 0.2) is 0 Å². The third kappa shape index (κ3) is 4.21. The van der Waals surface area contributed by atoms with Crippen LogP contribution in [-0.4, -0.2) is 27.3 Å². The first-order chi connectivity index (χ1) is 13.0. The summed E-state index contributed by atoms with van der Waals surface area (Å²) in [6.45, 7) is 2.04. The fraction of sp³-hybridized carbons (Fsp3) is 0.211. The Morgan fingerprint density at radius 3 is 2.67 bits per heavy atom. The highest BCUT2D eigenvalue weighted by atomic mass is 79.9. The molecule has 0 spiro atoms. The monoisotopic (exact) mass is 435 g/mol. The number of nitrogens with zero attached hydrogens (tertiary/aromatic N) is 3. The first-order valence-corrected chi connectivity index (χ1v) is 9.10. The van der Waals surface area contributed by atoms with Crippen LogP contribution in [0.15, 0.2) is 47.1 Å². The molecule has 0 N–H and O–H groups in total. The molecule has 0 atom stereocenters. The lowest BCUT2D eigenvalue weighted by Gasteiger charge is -2.08. The van der Waals surface area contributed by atoms with E-state index in [0.29, 0.717) is 34.5 Å². The van der Waals surface area contributed by atoms with Gasteiger partial charge in [-0.2, -0.15) is 9.49 Å². The summed E-state index contributed by atoms with van der Waals surface area (Å²) in [5.41, 5.74) is 1.87. The highest BCUT2D eigenvalue weighted by Gasteiger charge is 2.21. The molecule has 0 radical (unpaired) electrons. The Labute approximate surface area is 163 Å². The van der Waals surface area contributed by atoms with Crippen LogP contribution in [0.1, 0.15) is 19.0 Å². The molecule has 0 bridgehead atoms. The van der Waals surface area contributed by atoms with E-state index in [4.69, 9.17) is 4.74 Å². The number of esters is 1. The maximum absolute atomic E-state index is 14.4. The minimum atomic E-state index is -0.616. The first-order valence-electron chi connectivity index (χ1n) is 8.31. The second-order valence-electron chi connectivity index (χ2n) is 5.65. The molecule has 140 valence electrons. The molecule has 0 saturated carbocycles. The molecule has 27 heavy (non-hydrogen) atoms. The van der Waals surface area contributed by atoms with Crippen LogP contribution in [0, 0.1) is 11.8 Å². The van der Waals surface area contributed by atoms with E-state index in [1.165, 1.54) is 29.1 Å². The number of aromatic nitrogens is 3. The molecule has 0 aliphatic rings. The van der Waals surface area contributed by atoms with Gasteiger partial charge in [0, 0.05) is 18.2 Å². The van der Waals surface area contributed by atoms with Crippen molar-refractivity contribution in [1.29, 1.82) is 0 Å². The van der Waals surface area contributed by atoms with Crippen molar-refractivity contribution in [3.8, 4) is 16.9 Å². The highest BCUT2D eigenvalue weighted by Crippen LogP contribution is 2.34. The molecular weight excluding hydrogens is 420 g/mol. The second kappa shape index (κ2) is 8.39. The van der Waals surface area contributed by atoms with Crippen LogP contribution in [0.5, 0.6) is 0 Å². The number of hydrogen-bond donors (Lipinski definition) is 0. The van der Waals surface area contributed by atoms with Gasteiger partial charge in [-0.1, -0.05) is 12.1 Å². The van der Waals surface area contributed by atoms with Gasteiger partial charge in [0.1, 0.15) is 11.5 Å². The predicted molar refractivity (Wildman–Crippen MR) is 99.4 cm³/mol. The third-order valence-electron chi connectivity index (χ3n) is 3.85. The lowest BCUT2D eigenvalue weighted by molar-refractivity contribution is -0.143. The Morgan fingerprint density at radius 2 is 2.00 bits per heavy atom. The molecule has 3 rings (SSSR count). The molecule has 0 fully saturated rings. The minimum Gasteiger partial charge on any atom is -0.466 e. The molecule has 1 aromatic carbocycles. The summed E-state index contributed by atoms with van der Waals surface area (Å²) < 4.78 is 34.5. The van der Waals surface area contributed by atoms with Crippen molar-refractivity contribution in [2.45, 2.75) is 19.8 Å². The number of rotatable bonds is 6. The highest BCUT2D eigenvalue weighted by molar-refractivity contribution is 9.10. The summed E-state index contributed by atoms with van der Waals surface area (Å²) in [6, 6.07) is 8.95. The fourth-order valence-corrected chi connectivity index (χ4v) is 3.29. The number of para-hydroxylation sites is 1. The van der Waals surface area contributed by atoms with Gasteiger partial charge >= 0.3 is 5.97 Å². The SMILES string of the molecule is CCOC(=O)CCc1nn(-c2ccccc2F)c(-c2ccc(F)nc2)c1Br. The Morgan fingerprint density at radius 1 is 1.22 bits per heavy atom. The summed E-state index contributed by atoms with van der Waals surface area (Å²) in [6.07, 6.45) is 1.80. The molecule has 5 nitrogen and oxygen atoms in total. The van der Waals surface area contributed by atoms with Crippen LogP contribution >= 0.6 is 15.9 Å². The van der Waals surface area contributed by atoms with Crippen LogP contribution in [-0.2, 0) is 16.0 Å². The molecular formula is C19H16BrF2N3O2. The average molecular weight is 436 g/mol. The Balaban J connectivity index is 2.07. The number of carbonyl (C=O) groups excluding carboxylic acids is 1. The molecule has 2 heterocycles. The second-order valence-corrected chi connectivity index (χ2v) is 6.44. The van der Waals surface area contributed by atoms with Crippen LogP contribution in [0.4, 0.5) is 8.78 Å². The smallest absolute Gasteiger partial charge is 0.306 e. The predicted octanol–water partition coefficient (Wildman–Crippen LogP) is 4.47. The number of benzene rings is 1. The van der Waals surface area contributed by atoms with Crippen LogP contribution in [0.2, 0.25) is 0 Å². The van der Waals surface area contributed by atoms with Gasteiger partial charge in [-0.05, 0) is 47.1 Å². The van der Waals surface area contributed by atoms with E-state index in [2.05, 4.69) is 26.0 Å². The Bertz CT molecular complexity index is 958. The van der Waals surface area contributed by atoms with Gasteiger partial charge < -0.3 is 4.74 Å². The summed E-state index contributed by atoms with van der Waals surface area (Å²) in [5.74, 6) is -1.41. The van der Waals surface area contributed by atoms with Crippen molar-refractivity contribution in [2.75, 3.05) is 6.61 Å². The van der Waals surface area contributed by atoms with Crippen molar-refractivity contribution in [1.82, 2.24) is 14.8 Å². The van der Waals surface area contributed by atoms with E-state index in [0.717, 1.165) is 0 Å². The van der Waals surface area contributed by atoms with E-state index in [-0.39, 0.29) is 18.1 Å². The van der Waals surface area contributed by atoms with E-state index < -0.39 is 11.8 Å². The molecule has 2 aromatic heterocycles. The zero-order valence-electron chi connectivity index (χ0n) is 14.5. The van der Waals surface area contributed by atoms with Crippen molar-refractivity contribution in [2.24, 2.45) is 0 Å². The third-order valence-corrected chi connectivity index (χ3v) is 4.68. The molecule has 0 saturated heterocycles. The molecule has 0 amide bonds. The quantitative estimate of drug-likeness (QED) is 0.423. The normalized spacial score (nSPS) is 10.8. The largest absolute Gasteiger partial charge is 0.466 e. The first kappa shape index (κ1) is 19.2. The van der Waals surface area contributed by atoms with Gasteiger partial charge in [-0.3, -0.25) is 4.79 Å². The van der Waals surface area contributed by atoms with Gasteiger partial charge in [-0.15, -0.1) is 0 Å². The molecule has 0 aliphatic carbocycles. The van der Waals surface area contributed by atoms with E-state index in [1.807, 2.05) is 0 Å². The summed E-state index contributed by atoms with van der Waals surface area (Å²) >= 11 is 3.49. The standard InChI is InChI=1S/C19H16BrF2N3O2/c1-2-27-17(26)10-8-14-18(20)19(12-7-9-16(22)23-11-12)25(24-14)15-6-4-3-5-13(15)21/h3-7,9,11H,2,8,10H2,1H3. The Hall–Kier alpha value is -2.61. The van der Waals surface area contributed by atoms with Crippen LogP contribution in [0.3, 0.4) is 0 Å². The summed E-state index contributed by atoms with van der Waals surface area (Å²) in [5, 5.41) is 4.47. The van der Waals surface area contributed by atoms with Crippen molar-refractivity contribution in [3.63, 3.8) is 0 Å². The lowest BCUT2D eigenvalue weighted by Crippen LogP contribution is -2.06. The lowest BCUT2D eigenvalue weighted by atomic mass is 10.1. The maximum Gasteiger partial charge on any atom is 0.306 e. The van der Waals surface area contributed by atoms with Gasteiger partial charge in [0.2, 0.25) is 5.95 Å². The fourth-order valence-electron chi connectivity index (χ4n) is 2.62. The zero-order valence-corrected chi connectivity index (χ0v) is 16.0. The minimum absolute atomic E-state index is 0.141. The number of hydrogen-bond acceptors (Lipinski definition) is 4. The molecule has 3 aromatic rings. The summed E-state index contributed by atoms with van der Waals surface area (Å²) in [4.78, 5) is 15.3. The topological polar surface area (TPSA) is 57.0 Å². The van der Waals surface area contributed by atoms with E-state index >= 15 is 0 Å². The molecule has 0 aliphatic heterocycles. The van der Waals surface area contributed by atoms with Gasteiger partial charge in [0.05, 0.1) is 28.9 Å². The number of aryl methyl sites for hydroxylation is 1. The number of pyridine rings is 1. The number of carbonyl (C=O) groups is 1. The number of halogens is 3. The summed E-state index contributed by atoms with van der Waals surface area (Å²) in [7, 11) is 0. The average Bonchev–Trinajstić information content (AvgIpc) is 2.98. The van der Waals surface area contributed by atoms with Gasteiger partial charge in [0.25, 0.3) is 0 Å². The molecule has 8 heteroatoms. The Kier molecular flexibility index (Phi) is 5.95.